The molecule has 1 heterocycles. The van der Waals surface area contributed by atoms with Gasteiger partial charge in [0.25, 0.3) is 0 Å². The highest BCUT2D eigenvalue weighted by atomic mass is 16.5. The molecule has 1 fully saturated rings. The van der Waals surface area contributed by atoms with Crippen LogP contribution in [0, 0.1) is 5.92 Å². The lowest BCUT2D eigenvalue weighted by molar-refractivity contribution is -0.131. The van der Waals surface area contributed by atoms with Crippen molar-refractivity contribution in [2.24, 2.45) is 5.92 Å². The number of Topliss-reactive ketones (excluding diaryl/α,β-unsaturated/α-hetero) is 1. The molecular weight excluding hydrogens is 216 g/mol. The molecule has 0 saturated carbocycles. The first-order valence-electron chi connectivity index (χ1n) is 6.08. The molecule has 3 heteroatoms. The smallest absolute Gasteiger partial charge is 0.163 e. The predicted molar refractivity (Wildman–Crippen MR) is 64.6 cm³/mol. The van der Waals surface area contributed by atoms with Gasteiger partial charge in [-0.05, 0) is 18.4 Å². The lowest BCUT2D eigenvalue weighted by Gasteiger charge is -2.20. The Morgan fingerprint density at radius 3 is 2.88 bits per heavy atom. The minimum atomic E-state index is 0.0412. The van der Waals surface area contributed by atoms with Crippen molar-refractivity contribution in [1.82, 2.24) is 0 Å². The highest BCUT2D eigenvalue weighted by Crippen LogP contribution is 2.14. The Kier molecular flexibility index (Phi) is 4.71. The van der Waals surface area contributed by atoms with Crippen LogP contribution in [0.4, 0.5) is 0 Å². The fourth-order valence-corrected chi connectivity index (χ4v) is 1.96. The molecule has 1 aliphatic heterocycles. The second-order valence-corrected chi connectivity index (χ2v) is 4.36. The van der Waals surface area contributed by atoms with Gasteiger partial charge in [0.2, 0.25) is 0 Å². The van der Waals surface area contributed by atoms with E-state index in [9.17, 15) is 4.79 Å². The lowest BCUT2D eigenvalue weighted by atomic mass is 9.98. The number of benzene rings is 1. The van der Waals surface area contributed by atoms with Crippen molar-refractivity contribution >= 4 is 5.78 Å². The first-order valence-corrected chi connectivity index (χ1v) is 6.08. The molecule has 0 N–H and O–H groups in total. The van der Waals surface area contributed by atoms with Crippen LogP contribution in [0.3, 0.4) is 0 Å². The Bertz CT molecular complexity index is 342. The van der Waals surface area contributed by atoms with Crippen molar-refractivity contribution in [2.45, 2.75) is 19.4 Å². The molecule has 1 aromatic rings. The van der Waals surface area contributed by atoms with Gasteiger partial charge < -0.3 is 9.47 Å². The van der Waals surface area contributed by atoms with Gasteiger partial charge in [-0.2, -0.15) is 0 Å². The fourth-order valence-electron chi connectivity index (χ4n) is 1.96. The van der Waals surface area contributed by atoms with E-state index in [1.165, 1.54) is 0 Å². The number of ketones is 1. The number of hydrogen-bond acceptors (Lipinski definition) is 3. The van der Waals surface area contributed by atoms with Crippen LogP contribution >= 0.6 is 0 Å². The van der Waals surface area contributed by atoms with Crippen molar-refractivity contribution in [2.75, 3.05) is 19.8 Å². The first-order chi connectivity index (χ1) is 8.36. The third-order valence-corrected chi connectivity index (χ3v) is 2.97. The fraction of sp³-hybridized carbons (Fsp3) is 0.500. The van der Waals surface area contributed by atoms with Crippen LogP contribution in [0.25, 0.3) is 0 Å². The standard InChI is InChI=1S/C14H18O3/c15-14(13-7-4-8-16-10-13)11-17-9-12-5-2-1-3-6-12/h1-3,5-6,13H,4,7-11H2. The Balaban J connectivity index is 1.69. The molecule has 1 aromatic carbocycles. The highest BCUT2D eigenvalue weighted by molar-refractivity contribution is 5.82. The van der Waals surface area contributed by atoms with Gasteiger partial charge in [0, 0.05) is 12.5 Å². The SMILES string of the molecule is O=C(COCc1ccccc1)C1CCCOC1. The zero-order valence-electron chi connectivity index (χ0n) is 9.93. The molecule has 0 aliphatic carbocycles. The third kappa shape index (κ3) is 3.95. The average molecular weight is 234 g/mol. The van der Waals surface area contributed by atoms with Crippen LogP contribution < -0.4 is 0 Å². The molecule has 1 unspecified atom stereocenters. The summed E-state index contributed by atoms with van der Waals surface area (Å²) in [5.74, 6) is 0.208. The van der Waals surface area contributed by atoms with Crippen molar-refractivity contribution in [3.8, 4) is 0 Å². The van der Waals surface area contributed by atoms with Crippen molar-refractivity contribution in [3.05, 3.63) is 35.9 Å². The summed E-state index contributed by atoms with van der Waals surface area (Å²) in [5.41, 5.74) is 1.10. The first kappa shape index (κ1) is 12.3. The van der Waals surface area contributed by atoms with Crippen molar-refractivity contribution < 1.29 is 14.3 Å². The van der Waals surface area contributed by atoms with Crippen LogP contribution in [-0.2, 0) is 20.9 Å². The minimum absolute atomic E-state index is 0.0412. The molecule has 0 aromatic heterocycles. The molecule has 1 aliphatic rings. The molecule has 2 rings (SSSR count). The van der Waals surface area contributed by atoms with Crippen LogP contribution in [0.1, 0.15) is 18.4 Å². The molecule has 92 valence electrons. The van der Waals surface area contributed by atoms with Gasteiger partial charge in [-0.3, -0.25) is 4.79 Å². The van der Waals surface area contributed by atoms with E-state index in [0.29, 0.717) is 13.2 Å². The minimum Gasteiger partial charge on any atom is -0.381 e. The number of rotatable bonds is 5. The zero-order chi connectivity index (χ0) is 11.9. The Hall–Kier alpha value is -1.19. The van der Waals surface area contributed by atoms with Crippen molar-refractivity contribution in [1.29, 1.82) is 0 Å². The molecule has 3 nitrogen and oxygen atoms in total. The average Bonchev–Trinajstić information content (AvgIpc) is 2.41. The molecule has 1 atom stereocenters. The molecule has 0 bridgehead atoms. The number of carbonyl (C=O) groups is 1. The Morgan fingerprint density at radius 2 is 2.18 bits per heavy atom. The van der Waals surface area contributed by atoms with E-state index in [1.807, 2.05) is 30.3 Å². The van der Waals surface area contributed by atoms with E-state index >= 15 is 0 Å². The summed E-state index contributed by atoms with van der Waals surface area (Å²) in [4.78, 5) is 11.8. The normalized spacial score (nSPS) is 20.1. The summed E-state index contributed by atoms with van der Waals surface area (Å²) in [7, 11) is 0. The quantitative estimate of drug-likeness (QED) is 0.783. The van der Waals surface area contributed by atoms with Gasteiger partial charge >= 0.3 is 0 Å². The van der Waals surface area contributed by atoms with Crippen LogP contribution in [0.5, 0.6) is 0 Å². The van der Waals surface area contributed by atoms with E-state index < -0.39 is 0 Å². The van der Waals surface area contributed by atoms with Gasteiger partial charge in [-0.1, -0.05) is 30.3 Å². The van der Waals surface area contributed by atoms with E-state index in [0.717, 1.165) is 25.0 Å². The van der Waals surface area contributed by atoms with Gasteiger partial charge in [0.1, 0.15) is 6.61 Å². The number of hydrogen-bond donors (Lipinski definition) is 0. The molecule has 0 amide bonds. The Morgan fingerprint density at radius 1 is 1.35 bits per heavy atom. The highest BCUT2D eigenvalue weighted by Gasteiger charge is 2.21. The molecule has 1 saturated heterocycles. The monoisotopic (exact) mass is 234 g/mol. The Labute approximate surface area is 102 Å². The number of ether oxygens (including phenoxy) is 2. The van der Waals surface area contributed by atoms with E-state index in [1.54, 1.807) is 0 Å². The third-order valence-electron chi connectivity index (χ3n) is 2.97. The largest absolute Gasteiger partial charge is 0.381 e. The summed E-state index contributed by atoms with van der Waals surface area (Å²) in [6, 6.07) is 9.89. The van der Waals surface area contributed by atoms with E-state index in [2.05, 4.69) is 0 Å². The summed E-state index contributed by atoms with van der Waals surface area (Å²) in [6.45, 7) is 2.05. The molecule has 17 heavy (non-hydrogen) atoms. The second kappa shape index (κ2) is 6.52. The number of carbonyl (C=O) groups excluding carboxylic acids is 1. The second-order valence-electron chi connectivity index (χ2n) is 4.36. The zero-order valence-corrected chi connectivity index (χ0v) is 9.93. The van der Waals surface area contributed by atoms with Crippen molar-refractivity contribution in [3.63, 3.8) is 0 Å². The molecule has 0 spiro atoms. The van der Waals surface area contributed by atoms with Gasteiger partial charge in [-0.15, -0.1) is 0 Å². The van der Waals surface area contributed by atoms with E-state index in [4.69, 9.17) is 9.47 Å². The maximum atomic E-state index is 11.8. The predicted octanol–water partition coefficient (Wildman–Crippen LogP) is 2.20. The van der Waals surface area contributed by atoms with Gasteiger partial charge in [-0.25, -0.2) is 0 Å². The van der Waals surface area contributed by atoms with Crippen LogP contribution in [0.2, 0.25) is 0 Å². The summed E-state index contributed by atoms with van der Waals surface area (Å²) < 4.78 is 10.7. The lowest BCUT2D eigenvalue weighted by Crippen LogP contribution is -2.28. The maximum Gasteiger partial charge on any atom is 0.163 e. The molecule has 0 radical (unpaired) electrons. The van der Waals surface area contributed by atoms with Crippen LogP contribution in [0.15, 0.2) is 30.3 Å². The van der Waals surface area contributed by atoms with Gasteiger partial charge in [0.05, 0.1) is 13.2 Å². The van der Waals surface area contributed by atoms with Gasteiger partial charge in [0.15, 0.2) is 5.78 Å². The molecular formula is C14H18O3. The maximum absolute atomic E-state index is 11.8. The summed E-state index contributed by atoms with van der Waals surface area (Å²) in [5, 5.41) is 0. The summed E-state index contributed by atoms with van der Waals surface area (Å²) in [6.07, 6.45) is 1.92. The van der Waals surface area contributed by atoms with Crippen LogP contribution in [-0.4, -0.2) is 25.6 Å². The van der Waals surface area contributed by atoms with E-state index in [-0.39, 0.29) is 18.3 Å². The summed E-state index contributed by atoms with van der Waals surface area (Å²) >= 11 is 0. The topological polar surface area (TPSA) is 35.5 Å².